The third-order valence-corrected chi connectivity index (χ3v) is 3.62. The van der Waals surface area contributed by atoms with E-state index in [4.69, 9.17) is 0 Å². The van der Waals surface area contributed by atoms with Crippen molar-refractivity contribution in [2.24, 2.45) is 10.4 Å². The van der Waals surface area contributed by atoms with Gasteiger partial charge in [-0.15, -0.1) is 0 Å². The first-order chi connectivity index (χ1) is 8.88. The van der Waals surface area contributed by atoms with Crippen LogP contribution in [0, 0.1) is 5.41 Å². The largest absolute Gasteiger partial charge is 0.383 e. The van der Waals surface area contributed by atoms with Gasteiger partial charge in [0.25, 0.3) is 0 Å². The second-order valence-corrected chi connectivity index (χ2v) is 6.42. The number of unbranched alkanes of at least 4 members (excludes halogenated alkanes) is 3. The molecule has 0 heterocycles. The van der Waals surface area contributed by atoms with E-state index in [1.165, 1.54) is 24.8 Å². The van der Waals surface area contributed by atoms with Gasteiger partial charge in [0, 0.05) is 6.54 Å². The van der Waals surface area contributed by atoms with Gasteiger partial charge in [0.05, 0.1) is 5.71 Å². The molecule has 1 rings (SSSR count). The van der Waals surface area contributed by atoms with Gasteiger partial charge in [-0.25, -0.2) is 0 Å². The molecule has 0 fully saturated rings. The second kappa shape index (κ2) is 7.04. The summed E-state index contributed by atoms with van der Waals surface area (Å²) >= 11 is 0. The molecule has 0 amide bonds. The van der Waals surface area contributed by atoms with E-state index in [0.29, 0.717) is 0 Å². The van der Waals surface area contributed by atoms with Crippen molar-refractivity contribution in [3.8, 4) is 0 Å². The topological polar surface area (TPSA) is 32.6 Å². The van der Waals surface area contributed by atoms with E-state index in [9.17, 15) is 5.11 Å². The number of aliphatic imine (C=N–C) groups is 1. The normalized spacial score (nSPS) is 22.4. The molecule has 0 aromatic carbocycles. The first-order valence-electron chi connectivity index (χ1n) is 7.50. The Morgan fingerprint density at radius 3 is 2.47 bits per heavy atom. The maximum atomic E-state index is 10.1. The molecule has 1 aliphatic carbocycles. The Morgan fingerprint density at radius 2 is 1.89 bits per heavy atom. The van der Waals surface area contributed by atoms with Gasteiger partial charge in [0.1, 0.15) is 6.10 Å². The fourth-order valence-electron chi connectivity index (χ4n) is 2.53. The van der Waals surface area contributed by atoms with Crippen LogP contribution in [0.15, 0.2) is 28.3 Å². The molecular weight excluding hydrogens is 234 g/mol. The Bertz CT molecular complexity index is 383. The lowest BCUT2D eigenvalue weighted by molar-refractivity contribution is 0.287. The molecule has 0 aliphatic heterocycles. The molecule has 0 saturated heterocycles. The molecule has 0 aromatic heterocycles. The van der Waals surface area contributed by atoms with Gasteiger partial charge in [-0.3, -0.25) is 4.99 Å². The Balaban J connectivity index is 2.78. The van der Waals surface area contributed by atoms with Gasteiger partial charge in [0.2, 0.25) is 0 Å². The van der Waals surface area contributed by atoms with E-state index in [2.05, 4.69) is 45.7 Å². The minimum atomic E-state index is -0.530. The molecular formula is C17H29NO. The third-order valence-electron chi connectivity index (χ3n) is 3.62. The zero-order valence-electron chi connectivity index (χ0n) is 13.2. The summed E-state index contributed by atoms with van der Waals surface area (Å²) in [6.07, 6.45) is 8.25. The summed E-state index contributed by atoms with van der Waals surface area (Å²) in [5.41, 5.74) is 3.40. The molecule has 1 unspecified atom stereocenters. The average Bonchev–Trinajstić information content (AvgIpc) is 2.30. The SMILES string of the molecule is CCCCCCN=C1C(C)=C(C(C)(C)C)C=CC1O. The predicted molar refractivity (Wildman–Crippen MR) is 83.7 cm³/mol. The molecule has 108 valence electrons. The summed E-state index contributed by atoms with van der Waals surface area (Å²) < 4.78 is 0. The number of nitrogens with zero attached hydrogens (tertiary/aromatic N) is 1. The van der Waals surface area contributed by atoms with Crippen molar-refractivity contribution in [2.45, 2.75) is 66.4 Å². The highest BCUT2D eigenvalue weighted by Gasteiger charge is 2.25. The predicted octanol–water partition coefficient (Wildman–Crippen LogP) is 4.30. The first-order valence-corrected chi connectivity index (χ1v) is 7.50. The highest BCUT2D eigenvalue weighted by atomic mass is 16.3. The van der Waals surface area contributed by atoms with Crippen LogP contribution in [0.25, 0.3) is 0 Å². The molecule has 0 radical (unpaired) electrons. The lowest BCUT2D eigenvalue weighted by Crippen LogP contribution is -2.27. The van der Waals surface area contributed by atoms with E-state index >= 15 is 0 Å². The number of aliphatic hydroxyl groups is 1. The number of aliphatic hydroxyl groups excluding tert-OH is 1. The molecule has 19 heavy (non-hydrogen) atoms. The van der Waals surface area contributed by atoms with Gasteiger partial charge in [-0.1, -0.05) is 53.0 Å². The highest BCUT2D eigenvalue weighted by molar-refractivity contribution is 6.06. The van der Waals surface area contributed by atoms with Crippen molar-refractivity contribution in [3.05, 3.63) is 23.3 Å². The van der Waals surface area contributed by atoms with E-state index < -0.39 is 6.10 Å². The molecule has 1 aliphatic rings. The molecule has 2 heteroatoms. The van der Waals surface area contributed by atoms with Crippen molar-refractivity contribution in [3.63, 3.8) is 0 Å². The minimum Gasteiger partial charge on any atom is -0.383 e. The van der Waals surface area contributed by atoms with Gasteiger partial charge < -0.3 is 5.11 Å². The molecule has 0 bridgehead atoms. The van der Waals surface area contributed by atoms with Crippen LogP contribution in [0.1, 0.15) is 60.3 Å². The fourth-order valence-corrected chi connectivity index (χ4v) is 2.53. The summed E-state index contributed by atoms with van der Waals surface area (Å²) in [5, 5.41) is 10.1. The lowest BCUT2D eigenvalue weighted by atomic mass is 9.79. The van der Waals surface area contributed by atoms with Crippen LogP contribution in [-0.2, 0) is 0 Å². The van der Waals surface area contributed by atoms with E-state index in [-0.39, 0.29) is 5.41 Å². The highest BCUT2D eigenvalue weighted by Crippen LogP contribution is 2.32. The third kappa shape index (κ3) is 4.61. The van der Waals surface area contributed by atoms with Gasteiger partial charge >= 0.3 is 0 Å². The van der Waals surface area contributed by atoms with Gasteiger partial charge in [0.15, 0.2) is 0 Å². The van der Waals surface area contributed by atoms with Crippen molar-refractivity contribution in [2.75, 3.05) is 6.54 Å². The lowest BCUT2D eigenvalue weighted by Gasteiger charge is -2.28. The maximum Gasteiger partial charge on any atom is 0.114 e. The average molecular weight is 263 g/mol. The van der Waals surface area contributed by atoms with Crippen molar-refractivity contribution in [1.82, 2.24) is 0 Å². The number of allylic oxidation sites excluding steroid dienone is 2. The van der Waals surface area contributed by atoms with E-state index in [1.54, 1.807) is 0 Å². The Morgan fingerprint density at radius 1 is 1.21 bits per heavy atom. The smallest absolute Gasteiger partial charge is 0.114 e. The maximum absolute atomic E-state index is 10.1. The number of rotatable bonds is 5. The van der Waals surface area contributed by atoms with Crippen LogP contribution < -0.4 is 0 Å². The van der Waals surface area contributed by atoms with Crippen molar-refractivity contribution >= 4 is 5.71 Å². The van der Waals surface area contributed by atoms with Crippen LogP contribution in [0.3, 0.4) is 0 Å². The monoisotopic (exact) mass is 263 g/mol. The quantitative estimate of drug-likeness (QED) is 0.737. The van der Waals surface area contributed by atoms with E-state index in [0.717, 1.165) is 24.3 Å². The van der Waals surface area contributed by atoms with Crippen LogP contribution in [0.5, 0.6) is 0 Å². The molecule has 0 aromatic rings. The van der Waals surface area contributed by atoms with Crippen LogP contribution in [0.2, 0.25) is 0 Å². The summed E-state index contributed by atoms with van der Waals surface area (Å²) in [4.78, 5) is 4.64. The van der Waals surface area contributed by atoms with Crippen molar-refractivity contribution in [1.29, 1.82) is 0 Å². The molecule has 2 nitrogen and oxygen atoms in total. The Kier molecular flexibility index (Phi) is 5.99. The first kappa shape index (κ1) is 16.2. The molecule has 1 atom stereocenters. The summed E-state index contributed by atoms with van der Waals surface area (Å²) in [6, 6.07) is 0. The summed E-state index contributed by atoms with van der Waals surface area (Å²) in [7, 11) is 0. The summed E-state index contributed by atoms with van der Waals surface area (Å²) in [5.74, 6) is 0. The zero-order valence-corrected chi connectivity index (χ0v) is 13.2. The Labute approximate surface area is 118 Å². The Hall–Kier alpha value is -0.890. The van der Waals surface area contributed by atoms with Gasteiger partial charge in [-0.05, 0) is 36.0 Å². The van der Waals surface area contributed by atoms with Crippen LogP contribution >= 0.6 is 0 Å². The fraction of sp³-hybridized carbons (Fsp3) is 0.706. The number of hydrogen-bond donors (Lipinski definition) is 1. The van der Waals surface area contributed by atoms with Crippen molar-refractivity contribution < 1.29 is 5.11 Å². The standard InChI is InChI=1S/C17H29NO/c1-6-7-8-9-12-18-16-13(2)14(17(3,4)5)10-11-15(16)19/h10-11,15,19H,6-9,12H2,1-5H3. The second-order valence-electron chi connectivity index (χ2n) is 6.42. The zero-order chi connectivity index (χ0) is 14.5. The molecule has 0 spiro atoms. The molecule has 0 saturated carbocycles. The van der Waals surface area contributed by atoms with E-state index in [1.807, 2.05) is 6.08 Å². The van der Waals surface area contributed by atoms with Gasteiger partial charge in [-0.2, -0.15) is 0 Å². The van der Waals surface area contributed by atoms with Crippen LogP contribution in [-0.4, -0.2) is 23.5 Å². The summed E-state index contributed by atoms with van der Waals surface area (Å²) in [6.45, 7) is 11.7. The minimum absolute atomic E-state index is 0.101. The molecule has 1 N–H and O–H groups in total. The number of hydrogen-bond acceptors (Lipinski definition) is 2. The van der Waals surface area contributed by atoms with Crippen LogP contribution in [0.4, 0.5) is 0 Å².